The number of piperidine rings is 1. The van der Waals surface area contributed by atoms with Gasteiger partial charge < -0.3 is 5.32 Å². The second-order valence-corrected chi connectivity index (χ2v) is 5.58. The zero-order valence-corrected chi connectivity index (χ0v) is 11.9. The van der Waals surface area contributed by atoms with Gasteiger partial charge in [0.2, 0.25) is 5.91 Å². The molecular formula is C15H19F3N2O. The van der Waals surface area contributed by atoms with Crippen LogP contribution in [0.2, 0.25) is 0 Å². The standard InChI is InChI=1S/C15H19F3N2O/c1-11-6-8-20(9-7-11)10-14(21)19-13-4-2-12(3-5-13)15(16,17)18/h2-5,11H,6-10H2,1H3,(H,19,21). The summed E-state index contributed by atoms with van der Waals surface area (Å²) in [5.74, 6) is 0.503. The van der Waals surface area contributed by atoms with Crippen molar-refractivity contribution in [2.75, 3.05) is 25.0 Å². The molecule has 0 saturated carbocycles. The van der Waals surface area contributed by atoms with Crippen LogP contribution < -0.4 is 5.32 Å². The molecule has 0 aliphatic carbocycles. The van der Waals surface area contributed by atoms with Crippen LogP contribution in [0.15, 0.2) is 24.3 Å². The van der Waals surface area contributed by atoms with Gasteiger partial charge in [0, 0.05) is 5.69 Å². The number of nitrogens with one attached hydrogen (secondary N) is 1. The third-order valence-corrected chi connectivity index (χ3v) is 3.74. The summed E-state index contributed by atoms with van der Waals surface area (Å²) in [5.41, 5.74) is -0.330. The smallest absolute Gasteiger partial charge is 0.325 e. The Morgan fingerprint density at radius 2 is 1.81 bits per heavy atom. The van der Waals surface area contributed by atoms with Crippen LogP contribution in [0.1, 0.15) is 25.3 Å². The Morgan fingerprint density at radius 3 is 2.33 bits per heavy atom. The van der Waals surface area contributed by atoms with E-state index in [0.717, 1.165) is 38.1 Å². The molecule has 1 saturated heterocycles. The minimum Gasteiger partial charge on any atom is -0.325 e. The number of benzene rings is 1. The maximum atomic E-state index is 12.4. The van der Waals surface area contributed by atoms with E-state index in [1.54, 1.807) is 0 Å². The molecule has 0 aromatic heterocycles. The minimum absolute atomic E-state index is 0.190. The molecule has 1 aliphatic heterocycles. The van der Waals surface area contributed by atoms with Crippen LogP contribution in [0.3, 0.4) is 0 Å². The number of anilines is 1. The van der Waals surface area contributed by atoms with Crippen LogP contribution in [0, 0.1) is 5.92 Å². The van der Waals surface area contributed by atoms with Crippen molar-refractivity contribution in [2.24, 2.45) is 5.92 Å². The summed E-state index contributed by atoms with van der Waals surface area (Å²) in [5, 5.41) is 2.63. The molecule has 0 unspecified atom stereocenters. The lowest BCUT2D eigenvalue weighted by Gasteiger charge is -2.29. The quantitative estimate of drug-likeness (QED) is 0.928. The number of hydrogen-bond acceptors (Lipinski definition) is 2. The van der Waals surface area contributed by atoms with Gasteiger partial charge >= 0.3 is 6.18 Å². The molecule has 1 aliphatic rings. The third kappa shape index (κ3) is 4.74. The Kier molecular flexibility index (Phi) is 4.88. The number of carbonyl (C=O) groups is 1. The normalized spacial score (nSPS) is 17.7. The monoisotopic (exact) mass is 300 g/mol. The van der Waals surface area contributed by atoms with Crippen molar-refractivity contribution in [3.63, 3.8) is 0 Å². The van der Waals surface area contributed by atoms with Crippen LogP contribution in [-0.2, 0) is 11.0 Å². The number of amides is 1. The number of halogens is 3. The van der Waals surface area contributed by atoms with Crippen molar-refractivity contribution in [3.05, 3.63) is 29.8 Å². The molecule has 3 nitrogen and oxygen atoms in total. The summed E-state index contributed by atoms with van der Waals surface area (Å²) >= 11 is 0. The lowest BCUT2D eigenvalue weighted by molar-refractivity contribution is -0.137. The summed E-state index contributed by atoms with van der Waals surface area (Å²) in [6.07, 6.45) is -2.20. The molecule has 21 heavy (non-hydrogen) atoms. The van der Waals surface area contributed by atoms with Crippen LogP contribution in [0.5, 0.6) is 0 Å². The average molecular weight is 300 g/mol. The number of likely N-dealkylation sites (tertiary alicyclic amines) is 1. The van der Waals surface area contributed by atoms with E-state index in [-0.39, 0.29) is 12.5 Å². The summed E-state index contributed by atoms with van der Waals surface area (Å²) < 4.78 is 37.3. The minimum atomic E-state index is -4.35. The predicted octanol–water partition coefficient (Wildman–Crippen LogP) is 3.38. The van der Waals surface area contributed by atoms with Crippen LogP contribution in [0.25, 0.3) is 0 Å². The zero-order chi connectivity index (χ0) is 15.5. The third-order valence-electron chi connectivity index (χ3n) is 3.74. The highest BCUT2D eigenvalue weighted by Gasteiger charge is 2.30. The molecule has 0 spiro atoms. The Labute approximate surface area is 122 Å². The van der Waals surface area contributed by atoms with Gasteiger partial charge in [-0.3, -0.25) is 9.69 Å². The first-order valence-corrected chi connectivity index (χ1v) is 7.04. The number of nitrogens with zero attached hydrogens (tertiary/aromatic N) is 1. The first-order chi connectivity index (χ1) is 9.84. The number of alkyl halides is 3. The van der Waals surface area contributed by atoms with Crippen molar-refractivity contribution in [2.45, 2.75) is 25.9 Å². The van der Waals surface area contributed by atoms with Gasteiger partial charge in [-0.25, -0.2) is 0 Å². The fourth-order valence-electron chi connectivity index (χ4n) is 2.37. The summed E-state index contributed by atoms with van der Waals surface area (Å²) in [7, 11) is 0. The average Bonchev–Trinajstić information content (AvgIpc) is 2.41. The van der Waals surface area contributed by atoms with Crippen LogP contribution in [0.4, 0.5) is 18.9 Å². The lowest BCUT2D eigenvalue weighted by atomic mass is 9.99. The molecule has 0 bridgehead atoms. The molecule has 1 amide bonds. The molecule has 0 radical (unpaired) electrons. The molecule has 1 N–H and O–H groups in total. The second-order valence-electron chi connectivity index (χ2n) is 5.58. The molecule has 1 aromatic rings. The molecule has 6 heteroatoms. The maximum absolute atomic E-state index is 12.4. The first-order valence-electron chi connectivity index (χ1n) is 7.04. The van der Waals surface area contributed by atoms with E-state index < -0.39 is 11.7 Å². The van der Waals surface area contributed by atoms with Gasteiger partial charge in [-0.15, -0.1) is 0 Å². The van der Waals surface area contributed by atoms with Crippen molar-refractivity contribution < 1.29 is 18.0 Å². The van der Waals surface area contributed by atoms with E-state index in [0.29, 0.717) is 11.6 Å². The SMILES string of the molecule is CC1CCN(CC(=O)Nc2ccc(C(F)(F)F)cc2)CC1. The largest absolute Gasteiger partial charge is 0.416 e. The summed E-state index contributed by atoms with van der Waals surface area (Å²) in [6, 6.07) is 4.49. The van der Waals surface area contributed by atoms with Gasteiger partial charge in [0.15, 0.2) is 0 Å². The molecule has 0 atom stereocenters. The summed E-state index contributed by atoms with van der Waals surface area (Å²) in [4.78, 5) is 13.9. The van der Waals surface area contributed by atoms with E-state index in [1.165, 1.54) is 12.1 Å². The van der Waals surface area contributed by atoms with Crippen LogP contribution >= 0.6 is 0 Å². The lowest BCUT2D eigenvalue weighted by Crippen LogP contribution is -2.38. The van der Waals surface area contributed by atoms with Crippen molar-refractivity contribution >= 4 is 11.6 Å². The van der Waals surface area contributed by atoms with E-state index in [9.17, 15) is 18.0 Å². The number of hydrogen-bond donors (Lipinski definition) is 1. The molecule has 2 rings (SSSR count). The Morgan fingerprint density at radius 1 is 1.24 bits per heavy atom. The van der Waals surface area contributed by atoms with Crippen LogP contribution in [-0.4, -0.2) is 30.4 Å². The molecule has 1 heterocycles. The van der Waals surface area contributed by atoms with E-state index in [1.807, 2.05) is 0 Å². The van der Waals surface area contributed by atoms with Crippen molar-refractivity contribution in [1.29, 1.82) is 0 Å². The maximum Gasteiger partial charge on any atom is 0.416 e. The van der Waals surface area contributed by atoms with Gasteiger partial charge in [0.05, 0.1) is 12.1 Å². The van der Waals surface area contributed by atoms with E-state index >= 15 is 0 Å². The van der Waals surface area contributed by atoms with Gasteiger partial charge in [0.1, 0.15) is 0 Å². The van der Waals surface area contributed by atoms with Gasteiger partial charge in [0.25, 0.3) is 0 Å². The Bertz CT molecular complexity index is 477. The van der Waals surface area contributed by atoms with Crippen molar-refractivity contribution in [1.82, 2.24) is 4.90 Å². The highest BCUT2D eigenvalue weighted by Crippen LogP contribution is 2.29. The Hall–Kier alpha value is -1.56. The van der Waals surface area contributed by atoms with Gasteiger partial charge in [-0.1, -0.05) is 6.92 Å². The van der Waals surface area contributed by atoms with E-state index in [4.69, 9.17) is 0 Å². The topological polar surface area (TPSA) is 32.3 Å². The first kappa shape index (κ1) is 15.8. The molecular weight excluding hydrogens is 281 g/mol. The number of carbonyl (C=O) groups excluding carboxylic acids is 1. The molecule has 1 fully saturated rings. The molecule has 1 aromatic carbocycles. The van der Waals surface area contributed by atoms with Gasteiger partial charge in [-0.2, -0.15) is 13.2 Å². The Balaban J connectivity index is 1.85. The summed E-state index contributed by atoms with van der Waals surface area (Å²) in [6.45, 7) is 4.26. The number of rotatable bonds is 3. The predicted molar refractivity (Wildman–Crippen MR) is 74.9 cm³/mol. The van der Waals surface area contributed by atoms with Gasteiger partial charge in [-0.05, 0) is 56.1 Å². The van der Waals surface area contributed by atoms with E-state index in [2.05, 4.69) is 17.1 Å². The fourth-order valence-corrected chi connectivity index (χ4v) is 2.37. The van der Waals surface area contributed by atoms with Crippen molar-refractivity contribution in [3.8, 4) is 0 Å². The highest BCUT2D eigenvalue weighted by molar-refractivity contribution is 5.92. The molecule has 116 valence electrons. The highest BCUT2D eigenvalue weighted by atomic mass is 19.4. The zero-order valence-electron chi connectivity index (χ0n) is 11.9. The second kappa shape index (κ2) is 6.47. The fraction of sp³-hybridized carbons (Fsp3) is 0.533.